The first-order valence-electron chi connectivity index (χ1n) is 9.29. The molecule has 3 heterocycles. The van der Waals surface area contributed by atoms with Crippen molar-refractivity contribution in [1.29, 1.82) is 0 Å². The molecule has 28 heavy (non-hydrogen) atoms. The van der Waals surface area contributed by atoms with E-state index in [-0.39, 0.29) is 37.3 Å². The van der Waals surface area contributed by atoms with Crippen molar-refractivity contribution in [2.75, 3.05) is 27.3 Å². The minimum atomic E-state index is -0.252. The maximum Gasteiger partial charge on any atom is 0.310 e. The summed E-state index contributed by atoms with van der Waals surface area (Å²) in [7, 11) is 1.60. The van der Waals surface area contributed by atoms with Gasteiger partial charge in [-0.2, -0.15) is 0 Å². The van der Waals surface area contributed by atoms with E-state index >= 15 is 0 Å². The molecule has 0 radical (unpaired) electrons. The summed E-state index contributed by atoms with van der Waals surface area (Å²) >= 11 is 0. The first-order valence-corrected chi connectivity index (χ1v) is 9.29. The topological polar surface area (TPSA) is 72.5 Å². The van der Waals surface area contributed by atoms with Crippen molar-refractivity contribution in [3.05, 3.63) is 41.0 Å². The van der Waals surface area contributed by atoms with Crippen LogP contribution in [0.1, 0.15) is 22.6 Å². The highest BCUT2D eigenvalue weighted by atomic mass is 16.7. The third-order valence-corrected chi connectivity index (χ3v) is 6.07. The van der Waals surface area contributed by atoms with Gasteiger partial charge in [0.15, 0.2) is 23.0 Å². The number of ether oxygens (including phenoxy) is 6. The predicted octanol–water partition coefficient (Wildman–Crippen LogP) is 2.63. The summed E-state index contributed by atoms with van der Waals surface area (Å²) < 4.78 is 33.3. The Morgan fingerprint density at radius 1 is 0.929 bits per heavy atom. The van der Waals surface area contributed by atoms with E-state index in [2.05, 4.69) is 0 Å². The van der Waals surface area contributed by atoms with Crippen LogP contribution in [0.4, 0.5) is 0 Å². The van der Waals surface area contributed by atoms with Crippen LogP contribution in [-0.4, -0.2) is 33.3 Å². The van der Waals surface area contributed by atoms with Crippen LogP contribution in [0, 0.1) is 11.8 Å². The highest BCUT2D eigenvalue weighted by molar-refractivity contribution is 5.78. The number of carbonyl (C=O) groups excluding carboxylic acids is 1. The molecule has 6 rings (SSSR count). The van der Waals surface area contributed by atoms with E-state index in [1.165, 1.54) is 0 Å². The molecule has 0 N–H and O–H groups in total. The molecule has 3 aliphatic heterocycles. The zero-order valence-corrected chi connectivity index (χ0v) is 15.2. The second kappa shape index (κ2) is 5.70. The predicted molar refractivity (Wildman–Crippen MR) is 95.2 cm³/mol. The van der Waals surface area contributed by atoms with Crippen LogP contribution in [0.25, 0.3) is 0 Å². The van der Waals surface area contributed by atoms with Gasteiger partial charge in [-0.15, -0.1) is 0 Å². The maximum absolute atomic E-state index is 12.7. The molecule has 0 bridgehead atoms. The van der Waals surface area contributed by atoms with Crippen molar-refractivity contribution in [2.45, 2.75) is 12.3 Å². The lowest BCUT2D eigenvalue weighted by atomic mass is 9.67. The molecule has 0 amide bonds. The fourth-order valence-corrected chi connectivity index (χ4v) is 4.83. The Balaban J connectivity index is 1.56. The molecule has 1 saturated heterocycles. The summed E-state index contributed by atoms with van der Waals surface area (Å²) in [6.07, 6.45) is 0.778. The van der Waals surface area contributed by atoms with Crippen LogP contribution in [0.3, 0.4) is 0 Å². The van der Waals surface area contributed by atoms with Gasteiger partial charge in [0.25, 0.3) is 0 Å². The lowest BCUT2D eigenvalue weighted by molar-refractivity contribution is -0.141. The largest absolute Gasteiger partial charge is 0.493 e. The molecular formula is C21H18O7. The molecule has 7 nitrogen and oxygen atoms in total. The summed E-state index contributed by atoms with van der Waals surface area (Å²) in [5.74, 6) is 2.83. The fourth-order valence-electron chi connectivity index (χ4n) is 4.83. The van der Waals surface area contributed by atoms with E-state index in [0.29, 0.717) is 29.6 Å². The lowest BCUT2D eigenvalue weighted by Crippen LogP contribution is -2.31. The third-order valence-electron chi connectivity index (χ3n) is 6.07. The average Bonchev–Trinajstić information content (AvgIpc) is 3.43. The number of hydrogen-bond donors (Lipinski definition) is 0. The number of fused-ring (bicyclic) bond motifs is 4. The van der Waals surface area contributed by atoms with Crippen molar-refractivity contribution >= 4 is 5.97 Å². The van der Waals surface area contributed by atoms with E-state index in [4.69, 9.17) is 28.4 Å². The summed E-state index contributed by atoms with van der Waals surface area (Å²) in [5, 5.41) is 0. The lowest BCUT2D eigenvalue weighted by Gasteiger charge is -2.33. The summed E-state index contributed by atoms with van der Waals surface area (Å²) in [4.78, 5) is 12.7. The molecule has 0 unspecified atom stereocenters. The summed E-state index contributed by atoms with van der Waals surface area (Å²) in [6, 6.07) is 7.91. The van der Waals surface area contributed by atoms with Crippen molar-refractivity contribution in [2.24, 2.45) is 11.8 Å². The van der Waals surface area contributed by atoms with Gasteiger partial charge < -0.3 is 28.4 Å². The van der Waals surface area contributed by atoms with Gasteiger partial charge in [0, 0.05) is 11.8 Å². The Kier molecular flexibility index (Phi) is 3.24. The van der Waals surface area contributed by atoms with E-state index < -0.39 is 0 Å². The highest BCUT2D eigenvalue weighted by Crippen LogP contribution is 2.53. The van der Waals surface area contributed by atoms with E-state index in [9.17, 15) is 4.79 Å². The molecular weight excluding hydrogens is 364 g/mol. The van der Waals surface area contributed by atoms with Crippen molar-refractivity contribution < 1.29 is 33.2 Å². The Labute approximate surface area is 161 Å². The minimum Gasteiger partial charge on any atom is -0.493 e. The molecule has 2 aromatic rings. The molecule has 144 valence electrons. The van der Waals surface area contributed by atoms with Gasteiger partial charge in [0.2, 0.25) is 19.3 Å². The SMILES string of the molecule is COc1cc([C@@H]2c3cc4c(cc3C[C@H]3COC(=O)[C@@H]32)OCO4)cc2c1OCO2. The van der Waals surface area contributed by atoms with Crippen LogP contribution in [0.2, 0.25) is 0 Å². The van der Waals surface area contributed by atoms with Crippen molar-refractivity contribution in [3.8, 4) is 28.7 Å². The normalized spacial score (nSPS) is 25.9. The molecule has 1 fully saturated rings. The smallest absolute Gasteiger partial charge is 0.310 e. The molecule has 4 aliphatic rings. The Bertz CT molecular complexity index is 999. The quantitative estimate of drug-likeness (QED) is 0.740. The zero-order chi connectivity index (χ0) is 18.8. The fraction of sp³-hybridized carbons (Fsp3) is 0.381. The van der Waals surface area contributed by atoms with Crippen LogP contribution >= 0.6 is 0 Å². The van der Waals surface area contributed by atoms with Gasteiger partial charge in [-0.25, -0.2) is 0 Å². The number of cyclic esters (lactones) is 1. The van der Waals surface area contributed by atoms with Crippen LogP contribution in [-0.2, 0) is 16.0 Å². The standard InChI is InChI=1S/C21H18O7/c1-23-16-4-11(5-17-20(16)28-9-27-17)18-13-6-15-14(25-8-26-15)3-10(13)2-12-7-24-21(22)19(12)18/h3-6,12,18-19H,2,7-9H2,1H3/t12-,18+,19-/m0/s1. The molecule has 2 aromatic carbocycles. The monoisotopic (exact) mass is 382 g/mol. The summed E-state index contributed by atoms with van der Waals surface area (Å²) in [6.45, 7) is 0.814. The second-order valence-corrected chi connectivity index (χ2v) is 7.46. The van der Waals surface area contributed by atoms with Crippen LogP contribution in [0.5, 0.6) is 28.7 Å². The Morgan fingerprint density at radius 3 is 2.57 bits per heavy atom. The highest BCUT2D eigenvalue weighted by Gasteiger charge is 2.48. The Hall–Kier alpha value is -3.09. The van der Waals surface area contributed by atoms with Crippen molar-refractivity contribution in [3.63, 3.8) is 0 Å². The van der Waals surface area contributed by atoms with Gasteiger partial charge >= 0.3 is 5.97 Å². The molecule has 7 heteroatoms. The molecule has 0 spiro atoms. The van der Waals surface area contributed by atoms with E-state index in [0.717, 1.165) is 28.9 Å². The minimum absolute atomic E-state index is 0.127. The van der Waals surface area contributed by atoms with Gasteiger partial charge in [0.05, 0.1) is 19.6 Å². The number of rotatable bonds is 2. The molecule has 1 aliphatic carbocycles. The third kappa shape index (κ3) is 2.13. The first-order chi connectivity index (χ1) is 13.7. The van der Waals surface area contributed by atoms with Crippen molar-refractivity contribution in [1.82, 2.24) is 0 Å². The number of esters is 1. The average molecular weight is 382 g/mol. The molecule has 3 atom stereocenters. The van der Waals surface area contributed by atoms with Gasteiger partial charge in [-0.3, -0.25) is 4.79 Å². The van der Waals surface area contributed by atoms with Gasteiger partial charge in [-0.05, 0) is 47.4 Å². The zero-order valence-electron chi connectivity index (χ0n) is 15.2. The summed E-state index contributed by atoms with van der Waals surface area (Å²) in [5.41, 5.74) is 3.16. The van der Waals surface area contributed by atoms with Crippen LogP contribution in [0.15, 0.2) is 24.3 Å². The van der Waals surface area contributed by atoms with Gasteiger partial charge in [-0.1, -0.05) is 0 Å². The number of benzene rings is 2. The first kappa shape index (κ1) is 15.9. The maximum atomic E-state index is 12.7. The Morgan fingerprint density at radius 2 is 1.71 bits per heavy atom. The van der Waals surface area contributed by atoms with Gasteiger partial charge in [0.1, 0.15) is 0 Å². The molecule has 0 aromatic heterocycles. The number of carbonyl (C=O) groups is 1. The second-order valence-electron chi connectivity index (χ2n) is 7.46. The molecule has 0 saturated carbocycles. The number of methoxy groups -OCH3 is 1. The van der Waals surface area contributed by atoms with E-state index in [1.807, 2.05) is 24.3 Å². The van der Waals surface area contributed by atoms with E-state index in [1.54, 1.807) is 7.11 Å². The number of hydrogen-bond acceptors (Lipinski definition) is 7. The van der Waals surface area contributed by atoms with Crippen LogP contribution < -0.4 is 23.7 Å².